The van der Waals surface area contributed by atoms with Crippen LogP contribution in [-0.4, -0.2) is 30.6 Å². The Kier molecular flexibility index (Phi) is 3.96. The zero-order valence-electron chi connectivity index (χ0n) is 13.9. The van der Waals surface area contributed by atoms with E-state index in [4.69, 9.17) is 11.6 Å². The van der Waals surface area contributed by atoms with Crippen LogP contribution in [0.25, 0.3) is 16.6 Å². The topological polar surface area (TPSA) is 90.3 Å². The van der Waals surface area contributed by atoms with Crippen LogP contribution in [0.15, 0.2) is 42.7 Å². The van der Waals surface area contributed by atoms with Crippen LogP contribution in [0.5, 0.6) is 0 Å². The zero-order valence-corrected chi connectivity index (χ0v) is 14.6. The van der Waals surface area contributed by atoms with Gasteiger partial charge in [0, 0.05) is 41.8 Å². The Morgan fingerprint density at radius 3 is 2.96 bits per heavy atom. The third-order valence-electron chi connectivity index (χ3n) is 4.27. The van der Waals surface area contributed by atoms with Gasteiger partial charge in [0.2, 0.25) is 5.65 Å². The summed E-state index contributed by atoms with van der Waals surface area (Å²) in [6.07, 6.45) is 4.07. The lowest BCUT2D eigenvalue weighted by atomic mass is 10.1. The van der Waals surface area contributed by atoms with Crippen LogP contribution in [-0.2, 0) is 13.5 Å². The molecule has 26 heavy (non-hydrogen) atoms. The number of halogens is 1. The van der Waals surface area contributed by atoms with Gasteiger partial charge in [-0.05, 0) is 35.1 Å². The smallest absolute Gasteiger partial charge is 0.367 e. The van der Waals surface area contributed by atoms with Crippen LogP contribution in [0.2, 0.25) is 5.02 Å². The van der Waals surface area contributed by atoms with E-state index >= 15 is 0 Å². The fourth-order valence-electron chi connectivity index (χ4n) is 3.05. The second-order valence-corrected chi connectivity index (χ2v) is 6.40. The molecule has 4 aromatic rings. The number of aromatic nitrogens is 4. The van der Waals surface area contributed by atoms with Crippen molar-refractivity contribution in [2.45, 2.75) is 6.42 Å². The average Bonchev–Trinajstić information content (AvgIpc) is 3.16. The van der Waals surface area contributed by atoms with Crippen LogP contribution < -0.4 is 5.32 Å². The van der Waals surface area contributed by atoms with Gasteiger partial charge in [-0.3, -0.25) is 0 Å². The SMILES string of the molecule is Cn1cc(CCNc2ccc3ncc([N+](=O)[O-])n3n2)c2ccc(Cl)cc21. The van der Waals surface area contributed by atoms with Gasteiger partial charge in [-0.1, -0.05) is 27.3 Å². The van der Waals surface area contributed by atoms with Crippen molar-refractivity contribution in [3.05, 3.63) is 63.4 Å². The third-order valence-corrected chi connectivity index (χ3v) is 4.50. The van der Waals surface area contributed by atoms with E-state index in [1.165, 1.54) is 16.3 Å². The van der Waals surface area contributed by atoms with Gasteiger partial charge in [0.15, 0.2) is 5.82 Å². The van der Waals surface area contributed by atoms with E-state index in [9.17, 15) is 10.1 Å². The van der Waals surface area contributed by atoms with Crippen molar-refractivity contribution in [1.82, 2.24) is 19.2 Å². The van der Waals surface area contributed by atoms with Crippen molar-refractivity contribution in [2.75, 3.05) is 11.9 Å². The quantitative estimate of drug-likeness (QED) is 0.429. The van der Waals surface area contributed by atoms with E-state index < -0.39 is 4.92 Å². The van der Waals surface area contributed by atoms with E-state index in [1.54, 1.807) is 12.1 Å². The fraction of sp³-hybridized carbons (Fsp3) is 0.176. The first-order valence-electron chi connectivity index (χ1n) is 7.99. The third kappa shape index (κ3) is 2.84. The molecule has 0 aliphatic heterocycles. The predicted octanol–water partition coefficient (Wildman–Crippen LogP) is 3.44. The van der Waals surface area contributed by atoms with Crippen molar-refractivity contribution in [3.8, 4) is 0 Å². The maximum Gasteiger partial charge on any atom is 0.368 e. The number of anilines is 1. The van der Waals surface area contributed by atoms with Gasteiger partial charge < -0.3 is 20.0 Å². The number of imidazole rings is 1. The second kappa shape index (κ2) is 6.30. The Morgan fingerprint density at radius 1 is 1.31 bits per heavy atom. The number of nitrogens with one attached hydrogen (secondary N) is 1. The van der Waals surface area contributed by atoms with E-state index in [2.05, 4.69) is 26.2 Å². The monoisotopic (exact) mass is 370 g/mol. The molecule has 9 heteroatoms. The molecule has 0 spiro atoms. The van der Waals surface area contributed by atoms with Crippen molar-refractivity contribution in [2.24, 2.45) is 7.05 Å². The second-order valence-electron chi connectivity index (χ2n) is 5.97. The van der Waals surface area contributed by atoms with Gasteiger partial charge in [-0.2, -0.15) is 0 Å². The summed E-state index contributed by atoms with van der Waals surface area (Å²) >= 11 is 6.07. The summed E-state index contributed by atoms with van der Waals surface area (Å²) in [7, 11) is 1.99. The van der Waals surface area contributed by atoms with Gasteiger partial charge in [0.05, 0.1) is 0 Å². The summed E-state index contributed by atoms with van der Waals surface area (Å²) < 4.78 is 3.28. The molecular weight excluding hydrogens is 356 g/mol. The Hall–Kier alpha value is -3.13. The van der Waals surface area contributed by atoms with Crippen LogP contribution in [0, 0.1) is 10.1 Å². The number of rotatable bonds is 5. The molecule has 0 saturated carbocycles. The van der Waals surface area contributed by atoms with E-state index in [0.29, 0.717) is 23.0 Å². The van der Waals surface area contributed by atoms with Crippen molar-refractivity contribution >= 4 is 39.8 Å². The molecule has 0 aliphatic carbocycles. The highest BCUT2D eigenvalue weighted by Crippen LogP contribution is 2.24. The molecule has 3 heterocycles. The highest BCUT2D eigenvalue weighted by atomic mass is 35.5. The number of nitrogens with zero attached hydrogens (tertiary/aromatic N) is 5. The minimum atomic E-state index is -0.502. The lowest BCUT2D eigenvalue weighted by molar-refractivity contribution is -0.391. The first-order valence-corrected chi connectivity index (χ1v) is 8.37. The van der Waals surface area contributed by atoms with Gasteiger partial charge in [0.25, 0.3) is 0 Å². The number of nitro groups is 1. The van der Waals surface area contributed by atoms with Gasteiger partial charge in [0.1, 0.15) is 6.20 Å². The van der Waals surface area contributed by atoms with E-state index in [-0.39, 0.29) is 5.82 Å². The van der Waals surface area contributed by atoms with E-state index in [0.717, 1.165) is 17.3 Å². The molecule has 0 amide bonds. The van der Waals surface area contributed by atoms with Crippen molar-refractivity contribution in [3.63, 3.8) is 0 Å². The summed E-state index contributed by atoms with van der Waals surface area (Å²) in [5.74, 6) is 0.400. The van der Waals surface area contributed by atoms with E-state index in [1.807, 2.05) is 25.2 Å². The van der Waals surface area contributed by atoms with Gasteiger partial charge in [-0.25, -0.2) is 4.98 Å². The average molecular weight is 371 g/mol. The number of benzene rings is 1. The number of hydrogen-bond acceptors (Lipinski definition) is 5. The fourth-order valence-corrected chi connectivity index (χ4v) is 3.21. The Balaban J connectivity index is 1.52. The Labute approximate surface area is 153 Å². The summed E-state index contributed by atoms with van der Waals surface area (Å²) in [6.45, 7) is 0.642. The first-order chi connectivity index (χ1) is 12.5. The minimum Gasteiger partial charge on any atom is -0.367 e. The highest BCUT2D eigenvalue weighted by Gasteiger charge is 2.16. The molecule has 0 radical (unpaired) electrons. The number of fused-ring (bicyclic) bond motifs is 2. The van der Waals surface area contributed by atoms with Crippen molar-refractivity contribution < 1.29 is 4.92 Å². The highest BCUT2D eigenvalue weighted by molar-refractivity contribution is 6.31. The summed E-state index contributed by atoms with van der Waals surface area (Å²) in [5, 5.41) is 20.3. The Morgan fingerprint density at radius 2 is 2.15 bits per heavy atom. The molecule has 0 saturated heterocycles. The molecule has 8 nitrogen and oxygen atoms in total. The largest absolute Gasteiger partial charge is 0.368 e. The molecule has 4 rings (SSSR count). The molecular formula is C17H15ClN6O2. The minimum absolute atomic E-state index is 0.158. The van der Waals surface area contributed by atoms with Gasteiger partial charge >= 0.3 is 5.82 Å². The molecule has 0 atom stereocenters. The number of hydrogen-bond donors (Lipinski definition) is 1. The predicted molar refractivity (Wildman–Crippen MR) is 99.8 cm³/mol. The van der Waals surface area contributed by atoms with Crippen LogP contribution in [0.1, 0.15) is 5.56 Å². The normalized spacial score (nSPS) is 11.3. The molecule has 0 fully saturated rings. The molecule has 1 N–H and O–H groups in total. The molecule has 132 valence electrons. The molecule has 0 unspecified atom stereocenters. The summed E-state index contributed by atoms with van der Waals surface area (Å²) in [5.41, 5.74) is 2.72. The van der Waals surface area contributed by atoms with Crippen LogP contribution in [0.3, 0.4) is 0 Å². The zero-order chi connectivity index (χ0) is 18.3. The van der Waals surface area contributed by atoms with Crippen LogP contribution in [0.4, 0.5) is 11.6 Å². The lowest BCUT2D eigenvalue weighted by Crippen LogP contribution is -2.08. The van der Waals surface area contributed by atoms with Crippen LogP contribution >= 0.6 is 11.6 Å². The molecule has 1 aromatic carbocycles. The summed E-state index contributed by atoms with van der Waals surface area (Å²) in [6, 6.07) is 9.30. The molecule has 0 bridgehead atoms. The lowest BCUT2D eigenvalue weighted by Gasteiger charge is -2.04. The summed E-state index contributed by atoms with van der Waals surface area (Å²) in [4.78, 5) is 14.5. The molecule has 3 aromatic heterocycles. The first kappa shape index (κ1) is 16.3. The molecule has 0 aliphatic rings. The van der Waals surface area contributed by atoms with Gasteiger partial charge in [-0.15, -0.1) is 0 Å². The maximum absolute atomic E-state index is 11.0. The Bertz CT molecular complexity index is 1130. The number of aryl methyl sites for hydroxylation is 1. The standard InChI is InChI=1S/C17H15ClN6O2/c1-22-10-11(13-3-2-12(18)8-14(13)22)6-7-19-15-4-5-16-20-9-17(24(25)26)23(16)21-15/h2-5,8-10H,6-7H2,1H3,(H,19,21). The van der Waals surface area contributed by atoms with Crippen molar-refractivity contribution in [1.29, 1.82) is 0 Å². The maximum atomic E-state index is 11.0.